The molecule has 1 saturated heterocycles. The van der Waals surface area contributed by atoms with Crippen molar-refractivity contribution in [3.05, 3.63) is 54.1 Å². The van der Waals surface area contributed by atoms with Gasteiger partial charge in [-0.1, -0.05) is 24.6 Å². The van der Waals surface area contributed by atoms with Crippen LogP contribution in [0.2, 0.25) is 0 Å². The van der Waals surface area contributed by atoms with E-state index in [0.717, 1.165) is 24.8 Å². The number of sulfonamides is 1. The molecule has 0 saturated carbocycles. The van der Waals surface area contributed by atoms with E-state index in [0.29, 0.717) is 24.5 Å². The normalized spacial score (nSPS) is 15.3. The van der Waals surface area contributed by atoms with Crippen LogP contribution in [0.4, 0.5) is 5.69 Å². The zero-order valence-corrected chi connectivity index (χ0v) is 16.2. The van der Waals surface area contributed by atoms with E-state index in [1.54, 1.807) is 12.1 Å². The van der Waals surface area contributed by atoms with Gasteiger partial charge in [0.1, 0.15) is 5.75 Å². The molecule has 0 spiro atoms. The fourth-order valence-corrected chi connectivity index (χ4v) is 4.54. The molecule has 1 fully saturated rings. The number of nitrogens with one attached hydrogen (secondary N) is 1. The topological polar surface area (TPSA) is 75.7 Å². The lowest BCUT2D eigenvalue weighted by molar-refractivity contribution is -0.118. The summed E-state index contributed by atoms with van der Waals surface area (Å²) >= 11 is 0. The lowest BCUT2D eigenvalue weighted by atomic mass is 10.2. The van der Waals surface area contributed by atoms with Crippen LogP contribution in [0.1, 0.15) is 24.8 Å². The summed E-state index contributed by atoms with van der Waals surface area (Å²) in [6.45, 7) is 2.93. The first kappa shape index (κ1) is 19.4. The maximum absolute atomic E-state index is 12.6. The maximum Gasteiger partial charge on any atom is 0.262 e. The van der Waals surface area contributed by atoms with Crippen molar-refractivity contribution in [2.24, 2.45) is 0 Å². The Morgan fingerprint density at radius 2 is 1.70 bits per heavy atom. The highest BCUT2D eigenvalue weighted by Crippen LogP contribution is 2.22. The zero-order chi connectivity index (χ0) is 19.3. The molecular formula is C20H24N2O4S. The van der Waals surface area contributed by atoms with Crippen LogP contribution in [0, 0.1) is 6.92 Å². The van der Waals surface area contributed by atoms with E-state index in [9.17, 15) is 13.2 Å². The van der Waals surface area contributed by atoms with Gasteiger partial charge in [-0.3, -0.25) is 4.79 Å². The Hall–Kier alpha value is -2.38. The molecule has 1 N–H and O–H groups in total. The zero-order valence-electron chi connectivity index (χ0n) is 15.3. The monoisotopic (exact) mass is 388 g/mol. The SMILES string of the molecule is Cc1ccccc1OCC(=O)Nc1ccc(S(=O)(=O)N2CCCCC2)cc1. The number of carbonyl (C=O) groups excluding carboxylic acids is 1. The van der Waals surface area contributed by atoms with Crippen LogP contribution < -0.4 is 10.1 Å². The van der Waals surface area contributed by atoms with Gasteiger partial charge in [0.05, 0.1) is 4.90 Å². The maximum atomic E-state index is 12.6. The standard InChI is InChI=1S/C20H24N2O4S/c1-16-7-3-4-8-19(16)26-15-20(23)21-17-9-11-18(12-10-17)27(24,25)22-13-5-2-6-14-22/h3-4,7-12H,2,5-6,13-15H2,1H3,(H,21,23). The van der Waals surface area contributed by atoms with E-state index in [4.69, 9.17) is 4.74 Å². The summed E-state index contributed by atoms with van der Waals surface area (Å²) in [4.78, 5) is 12.3. The van der Waals surface area contributed by atoms with Gasteiger partial charge in [-0.05, 0) is 55.7 Å². The minimum absolute atomic E-state index is 0.112. The summed E-state index contributed by atoms with van der Waals surface area (Å²) in [5.41, 5.74) is 1.49. The summed E-state index contributed by atoms with van der Waals surface area (Å²) < 4.78 is 32.3. The number of hydrogen-bond acceptors (Lipinski definition) is 4. The highest BCUT2D eigenvalue weighted by atomic mass is 32.2. The molecule has 144 valence electrons. The van der Waals surface area contributed by atoms with Crippen molar-refractivity contribution < 1.29 is 17.9 Å². The summed E-state index contributed by atoms with van der Waals surface area (Å²) in [6.07, 6.45) is 2.87. The van der Waals surface area contributed by atoms with Crippen molar-refractivity contribution in [1.82, 2.24) is 4.31 Å². The third-order valence-electron chi connectivity index (χ3n) is 4.54. The van der Waals surface area contributed by atoms with E-state index in [-0.39, 0.29) is 17.4 Å². The third-order valence-corrected chi connectivity index (χ3v) is 6.46. The van der Waals surface area contributed by atoms with Crippen LogP contribution in [0.25, 0.3) is 0 Å². The number of ether oxygens (including phenoxy) is 1. The van der Waals surface area contributed by atoms with Crippen molar-refractivity contribution in [1.29, 1.82) is 0 Å². The molecule has 1 heterocycles. The molecular weight excluding hydrogens is 364 g/mol. The summed E-state index contributed by atoms with van der Waals surface area (Å²) in [5, 5.41) is 2.72. The van der Waals surface area contributed by atoms with Crippen molar-refractivity contribution >= 4 is 21.6 Å². The van der Waals surface area contributed by atoms with Crippen molar-refractivity contribution in [3.63, 3.8) is 0 Å². The van der Waals surface area contributed by atoms with E-state index in [1.807, 2.05) is 31.2 Å². The quantitative estimate of drug-likeness (QED) is 0.825. The van der Waals surface area contributed by atoms with Crippen LogP contribution in [-0.2, 0) is 14.8 Å². The highest BCUT2D eigenvalue weighted by Gasteiger charge is 2.25. The molecule has 0 unspecified atom stereocenters. The number of hydrogen-bond donors (Lipinski definition) is 1. The number of nitrogens with zero attached hydrogens (tertiary/aromatic N) is 1. The average Bonchev–Trinajstić information content (AvgIpc) is 2.68. The first-order chi connectivity index (χ1) is 13.0. The third kappa shape index (κ3) is 4.87. The molecule has 7 heteroatoms. The predicted molar refractivity (Wildman–Crippen MR) is 104 cm³/mol. The minimum atomic E-state index is -3.46. The van der Waals surface area contributed by atoms with Gasteiger partial charge in [-0.15, -0.1) is 0 Å². The molecule has 1 aliphatic heterocycles. The number of para-hydroxylation sites is 1. The van der Waals surface area contributed by atoms with Crippen LogP contribution in [0.5, 0.6) is 5.75 Å². The van der Waals surface area contributed by atoms with E-state index < -0.39 is 10.0 Å². The number of rotatable bonds is 6. The van der Waals surface area contributed by atoms with Crippen LogP contribution in [0.15, 0.2) is 53.4 Å². The van der Waals surface area contributed by atoms with Gasteiger partial charge in [0.15, 0.2) is 6.61 Å². The Morgan fingerprint density at radius 1 is 1.04 bits per heavy atom. The number of aryl methyl sites for hydroxylation is 1. The highest BCUT2D eigenvalue weighted by molar-refractivity contribution is 7.89. The van der Waals surface area contributed by atoms with Gasteiger partial charge in [0.2, 0.25) is 10.0 Å². The van der Waals surface area contributed by atoms with Crippen molar-refractivity contribution in [3.8, 4) is 5.75 Å². The summed E-state index contributed by atoms with van der Waals surface area (Å²) in [5.74, 6) is 0.362. The van der Waals surface area contributed by atoms with E-state index in [2.05, 4.69) is 5.32 Å². The number of amides is 1. The van der Waals surface area contributed by atoms with E-state index >= 15 is 0 Å². The van der Waals surface area contributed by atoms with Gasteiger partial charge >= 0.3 is 0 Å². The Morgan fingerprint density at radius 3 is 2.37 bits per heavy atom. The first-order valence-electron chi connectivity index (χ1n) is 9.05. The largest absolute Gasteiger partial charge is 0.483 e. The second kappa shape index (κ2) is 8.54. The predicted octanol–water partition coefficient (Wildman–Crippen LogP) is 3.19. The minimum Gasteiger partial charge on any atom is -0.483 e. The van der Waals surface area contributed by atoms with Gasteiger partial charge in [0.25, 0.3) is 5.91 Å². The van der Waals surface area contributed by atoms with Crippen LogP contribution >= 0.6 is 0 Å². The Labute approximate surface area is 160 Å². The molecule has 0 bridgehead atoms. The number of benzene rings is 2. The van der Waals surface area contributed by atoms with E-state index in [1.165, 1.54) is 16.4 Å². The molecule has 1 aliphatic rings. The van der Waals surface area contributed by atoms with Gasteiger partial charge < -0.3 is 10.1 Å². The molecule has 0 radical (unpaired) electrons. The summed E-state index contributed by atoms with van der Waals surface area (Å²) in [6, 6.07) is 13.7. The molecule has 27 heavy (non-hydrogen) atoms. The molecule has 0 atom stereocenters. The lowest BCUT2D eigenvalue weighted by Crippen LogP contribution is -2.35. The average molecular weight is 388 g/mol. The molecule has 6 nitrogen and oxygen atoms in total. The second-order valence-electron chi connectivity index (χ2n) is 6.59. The van der Waals surface area contributed by atoms with Crippen LogP contribution in [0.3, 0.4) is 0 Å². The van der Waals surface area contributed by atoms with Gasteiger partial charge in [-0.25, -0.2) is 8.42 Å². The number of carbonyl (C=O) groups is 1. The lowest BCUT2D eigenvalue weighted by Gasteiger charge is -2.25. The number of anilines is 1. The van der Waals surface area contributed by atoms with Crippen molar-refractivity contribution in [2.45, 2.75) is 31.1 Å². The fourth-order valence-electron chi connectivity index (χ4n) is 3.02. The van der Waals surface area contributed by atoms with Gasteiger partial charge in [-0.2, -0.15) is 4.31 Å². The van der Waals surface area contributed by atoms with Crippen LogP contribution in [-0.4, -0.2) is 38.3 Å². The molecule has 2 aromatic carbocycles. The summed E-state index contributed by atoms with van der Waals surface area (Å²) in [7, 11) is -3.46. The van der Waals surface area contributed by atoms with Crippen molar-refractivity contribution in [2.75, 3.05) is 25.0 Å². The fraction of sp³-hybridized carbons (Fsp3) is 0.350. The molecule has 0 aliphatic carbocycles. The molecule has 0 aromatic heterocycles. The molecule has 3 rings (SSSR count). The number of piperidine rings is 1. The molecule has 1 amide bonds. The van der Waals surface area contributed by atoms with Gasteiger partial charge in [0, 0.05) is 18.8 Å². The Balaban J connectivity index is 1.58. The second-order valence-corrected chi connectivity index (χ2v) is 8.53. The molecule has 2 aromatic rings. The Kier molecular flexibility index (Phi) is 6.13. The smallest absolute Gasteiger partial charge is 0.262 e. The first-order valence-corrected chi connectivity index (χ1v) is 10.5. The Bertz CT molecular complexity index is 888.